The highest BCUT2D eigenvalue weighted by molar-refractivity contribution is 6.04. The molecule has 0 saturated heterocycles. The van der Waals surface area contributed by atoms with Gasteiger partial charge in [0.15, 0.2) is 5.76 Å². The molecule has 0 bridgehead atoms. The number of amides is 3. The summed E-state index contributed by atoms with van der Waals surface area (Å²) in [7, 11) is 0. The molecule has 3 aromatic rings. The molecule has 2 aromatic carbocycles. The van der Waals surface area contributed by atoms with E-state index in [2.05, 4.69) is 10.6 Å². The molecule has 3 amide bonds. The summed E-state index contributed by atoms with van der Waals surface area (Å²) in [6.45, 7) is 5.52. The van der Waals surface area contributed by atoms with E-state index >= 15 is 0 Å². The van der Waals surface area contributed by atoms with Crippen LogP contribution in [0.4, 0.5) is 5.69 Å². The molecular weight excluding hydrogens is 454 g/mol. The SMILES string of the molecule is Cc1ccc(C)c(N(C(=O)CNC(=O)c2ccco2)C(C(=O)NC2CCCC2)c2ccccc2C)c1. The number of aryl methyl sites for hydroxylation is 3. The van der Waals surface area contributed by atoms with Crippen LogP contribution in [0.2, 0.25) is 0 Å². The molecule has 1 atom stereocenters. The number of rotatable bonds is 8. The van der Waals surface area contributed by atoms with Crippen molar-refractivity contribution in [1.82, 2.24) is 10.6 Å². The van der Waals surface area contributed by atoms with Crippen LogP contribution in [0, 0.1) is 20.8 Å². The van der Waals surface area contributed by atoms with Gasteiger partial charge in [0.2, 0.25) is 11.8 Å². The summed E-state index contributed by atoms with van der Waals surface area (Å²) in [5.74, 6) is -0.978. The summed E-state index contributed by atoms with van der Waals surface area (Å²) in [6.07, 6.45) is 5.43. The zero-order chi connectivity index (χ0) is 25.7. The Morgan fingerprint density at radius 1 is 0.972 bits per heavy atom. The number of hydrogen-bond acceptors (Lipinski definition) is 4. The molecule has 188 valence electrons. The lowest BCUT2D eigenvalue weighted by molar-refractivity contribution is -0.126. The second-order valence-electron chi connectivity index (χ2n) is 9.46. The van der Waals surface area contributed by atoms with Gasteiger partial charge in [-0.3, -0.25) is 19.3 Å². The van der Waals surface area contributed by atoms with Gasteiger partial charge in [0.05, 0.1) is 12.8 Å². The first kappa shape index (κ1) is 25.2. The van der Waals surface area contributed by atoms with Crippen LogP contribution >= 0.6 is 0 Å². The fourth-order valence-electron chi connectivity index (χ4n) is 4.77. The predicted octanol–water partition coefficient (Wildman–Crippen LogP) is 4.77. The van der Waals surface area contributed by atoms with Crippen LogP contribution in [0.15, 0.2) is 65.3 Å². The average molecular weight is 488 g/mol. The number of hydrogen-bond donors (Lipinski definition) is 2. The predicted molar refractivity (Wildman–Crippen MR) is 139 cm³/mol. The van der Waals surface area contributed by atoms with Gasteiger partial charge in [0.25, 0.3) is 5.91 Å². The van der Waals surface area contributed by atoms with E-state index in [1.165, 1.54) is 17.2 Å². The van der Waals surface area contributed by atoms with Crippen molar-refractivity contribution in [3.05, 3.63) is 88.9 Å². The first-order valence-electron chi connectivity index (χ1n) is 12.4. The van der Waals surface area contributed by atoms with Crippen LogP contribution in [-0.4, -0.2) is 30.3 Å². The van der Waals surface area contributed by atoms with E-state index in [1.54, 1.807) is 6.07 Å². The van der Waals surface area contributed by atoms with Gasteiger partial charge in [-0.05, 0) is 74.1 Å². The third-order valence-electron chi connectivity index (χ3n) is 6.73. The number of nitrogens with zero attached hydrogens (tertiary/aromatic N) is 1. The number of benzene rings is 2. The number of carbonyl (C=O) groups excluding carboxylic acids is 3. The van der Waals surface area contributed by atoms with E-state index < -0.39 is 17.9 Å². The van der Waals surface area contributed by atoms with Crippen molar-refractivity contribution in [1.29, 1.82) is 0 Å². The molecule has 1 aliphatic carbocycles. The standard InChI is InChI=1S/C29H33N3O4/c1-19-14-15-21(3)24(17-19)32(26(33)18-30-28(34)25-13-8-16-36-25)27(23-12-7-4-9-20(23)2)29(35)31-22-10-5-6-11-22/h4,7-9,12-17,22,27H,5-6,10-11,18H2,1-3H3,(H,30,34)(H,31,35). The van der Waals surface area contributed by atoms with Crippen molar-refractivity contribution in [3.8, 4) is 0 Å². The monoisotopic (exact) mass is 487 g/mol. The zero-order valence-electron chi connectivity index (χ0n) is 21.0. The molecule has 0 spiro atoms. The maximum absolute atomic E-state index is 13.9. The summed E-state index contributed by atoms with van der Waals surface area (Å²) < 4.78 is 5.15. The van der Waals surface area contributed by atoms with Crippen LogP contribution in [0.5, 0.6) is 0 Å². The normalized spacial score (nSPS) is 14.3. The minimum absolute atomic E-state index is 0.0956. The molecule has 7 heteroatoms. The van der Waals surface area contributed by atoms with Gasteiger partial charge >= 0.3 is 0 Å². The highest BCUT2D eigenvalue weighted by Gasteiger charge is 2.35. The maximum atomic E-state index is 13.9. The summed E-state index contributed by atoms with van der Waals surface area (Å²) in [5, 5.41) is 5.84. The topological polar surface area (TPSA) is 91.7 Å². The fraction of sp³-hybridized carbons (Fsp3) is 0.345. The lowest BCUT2D eigenvalue weighted by atomic mass is 9.96. The third-order valence-corrected chi connectivity index (χ3v) is 6.73. The Kier molecular flexibility index (Phi) is 7.88. The Labute approximate surface area is 211 Å². The highest BCUT2D eigenvalue weighted by atomic mass is 16.3. The largest absolute Gasteiger partial charge is 0.459 e. The van der Waals surface area contributed by atoms with Crippen molar-refractivity contribution in [2.75, 3.05) is 11.4 Å². The molecule has 7 nitrogen and oxygen atoms in total. The number of anilines is 1. The van der Waals surface area contributed by atoms with Crippen molar-refractivity contribution in [2.24, 2.45) is 0 Å². The van der Waals surface area contributed by atoms with Crippen molar-refractivity contribution >= 4 is 23.4 Å². The second-order valence-corrected chi connectivity index (χ2v) is 9.46. The van der Waals surface area contributed by atoms with E-state index in [1.807, 2.05) is 63.2 Å². The van der Waals surface area contributed by atoms with Crippen molar-refractivity contribution in [3.63, 3.8) is 0 Å². The second kappa shape index (κ2) is 11.2. The van der Waals surface area contributed by atoms with Crippen molar-refractivity contribution in [2.45, 2.75) is 58.5 Å². The summed E-state index contributed by atoms with van der Waals surface area (Å²) in [5.41, 5.74) is 4.12. The molecule has 0 radical (unpaired) electrons. The molecule has 36 heavy (non-hydrogen) atoms. The van der Waals surface area contributed by atoms with Crippen LogP contribution < -0.4 is 15.5 Å². The Morgan fingerprint density at radius 2 is 1.72 bits per heavy atom. The maximum Gasteiger partial charge on any atom is 0.287 e. The number of carbonyl (C=O) groups is 3. The van der Waals surface area contributed by atoms with Gasteiger partial charge in [-0.25, -0.2) is 0 Å². The number of nitrogens with one attached hydrogen (secondary N) is 2. The molecule has 4 rings (SSSR count). The van der Waals surface area contributed by atoms with Gasteiger partial charge in [-0.2, -0.15) is 0 Å². The van der Waals surface area contributed by atoms with Crippen LogP contribution in [-0.2, 0) is 9.59 Å². The zero-order valence-corrected chi connectivity index (χ0v) is 21.0. The highest BCUT2D eigenvalue weighted by Crippen LogP contribution is 2.33. The fourth-order valence-corrected chi connectivity index (χ4v) is 4.77. The van der Waals surface area contributed by atoms with Crippen LogP contribution in [0.25, 0.3) is 0 Å². The summed E-state index contributed by atoms with van der Waals surface area (Å²) in [4.78, 5) is 41.8. The van der Waals surface area contributed by atoms with Gasteiger partial charge in [0, 0.05) is 11.7 Å². The Bertz CT molecular complexity index is 1230. The van der Waals surface area contributed by atoms with Gasteiger partial charge in [0.1, 0.15) is 6.04 Å². The number of furan rings is 1. The van der Waals surface area contributed by atoms with E-state index in [0.29, 0.717) is 5.69 Å². The quantitative estimate of drug-likeness (QED) is 0.479. The van der Waals surface area contributed by atoms with Crippen LogP contribution in [0.3, 0.4) is 0 Å². The lowest BCUT2D eigenvalue weighted by Crippen LogP contribution is -2.49. The Hall–Kier alpha value is -3.87. The molecule has 1 heterocycles. The third kappa shape index (κ3) is 5.67. The van der Waals surface area contributed by atoms with Gasteiger partial charge in [-0.15, -0.1) is 0 Å². The molecule has 1 fully saturated rings. The van der Waals surface area contributed by atoms with E-state index in [-0.39, 0.29) is 24.3 Å². The molecular formula is C29H33N3O4. The van der Waals surface area contributed by atoms with Gasteiger partial charge < -0.3 is 15.1 Å². The average Bonchev–Trinajstić information content (AvgIpc) is 3.58. The first-order valence-corrected chi connectivity index (χ1v) is 12.4. The smallest absolute Gasteiger partial charge is 0.287 e. The minimum Gasteiger partial charge on any atom is -0.459 e. The summed E-state index contributed by atoms with van der Waals surface area (Å²) in [6, 6.07) is 15.8. The minimum atomic E-state index is -0.889. The summed E-state index contributed by atoms with van der Waals surface area (Å²) >= 11 is 0. The first-order chi connectivity index (χ1) is 17.3. The van der Waals surface area contributed by atoms with E-state index in [0.717, 1.165) is 47.9 Å². The lowest BCUT2D eigenvalue weighted by Gasteiger charge is -2.34. The van der Waals surface area contributed by atoms with E-state index in [4.69, 9.17) is 4.42 Å². The van der Waals surface area contributed by atoms with Crippen LogP contribution in [0.1, 0.15) is 64.5 Å². The van der Waals surface area contributed by atoms with Gasteiger partial charge in [-0.1, -0.05) is 49.2 Å². The molecule has 0 aliphatic heterocycles. The molecule has 2 N–H and O–H groups in total. The van der Waals surface area contributed by atoms with Crippen molar-refractivity contribution < 1.29 is 18.8 Å². The molecule has 1 unspecified atom stereocenters. The Balaban J connectivity index is 1.74. The Morgan fingerprint density at radius 3 is 2.42 bits per heavy atom. The molecule has 1 aromatic heterocycles. The molecule has 1 aliphatic rings. The molecule has 1 saturated carbocycles. The van der Waals surface area contributed by atoms with E-state index in [9.17, 15) is 14.4 Å².